The van der Waals surface area contributed by atoms with Crippen LogP contribution in [-0.2, 0) is 4.74 Å². The second kappa shape index (κ2) is 7.36. The number of ether oxygens (including phenoxy) is 2. The molecule has 1 rings (SSSR count). The van der Waals surface area contributed by atoms with Crippen LogP contribution in [-0.4, -0.2) is 36.6 Å². The van der Waals surface area contributed by atoms with Crippen molar-refractivity contribution in [3.05, 3.63) is 29.8 Å². The van der Waals surface area contributed by atoms with Crippen LogP contribution in [0.2, 0.25) is 0 Å². The summed E-state index contributed by atoms with van der Waals surface area (Å²) in [6, 6.07) is 7.19. The van der Waals surface area contributed by atoms with Gasteiger partial charge in [0, 0.05) is 12.7 Å². The largest absolute Gasteiger partial charge is 0.491 e. The molecule has 0 radical (unpaired) electrons. The average molecular weight is 254 g/mol. The zero-order chi connectivity index (χ0) is 13.5. The Kier molecular flexibility index (Phi) is 6.12. The minimum Gasteiger partial charge on any atom is -0.491 e. The van der Waals surface area contributed by atoms with Crippen molar-refractivity contribution in [2.75, 3.05) is 20.3 Å². The Morgan fingerprint density at radius 1 is 1.11 bits per heavy atom. The lowest BCUT2D eigenvalue weighted by atomic mass is 9.95. The van der Waals surface area contributed by atoms with Gasteiger partial charge in [0.25, 0.3) is 0 Å². The SMILES string of the molecule is COCCOc1ccccc1C(O)C(O)C(C)C. The highest BCUT2D eigenvalue weighted by Gasteiger charge is 2.24. The first-order valence-electron chi connectivity index (χ1n) is 6.14. The van der Waals surface area contributed by atoms with Gasteiger partial charge in [0.05, 0.1) is 12.7 Å². The van der Waals surface area contributed by atoms with Crippen LogP contribution in [0.1, 0.15) is 25.5 Å². The van der Waals surface area contributed by atoms with Crippen LogP contribution < -0.4 is 4.74 Å². The number of rotatable bonds is 7. The van der Waals surface area contributed by atoms with E-state index < -0.39 is 12.2 Å². The molecule has 2 N–H and O–H groups in total. The first-order valence-corrected chi connectivity index (χ1v) is 6.14. The molecule has 18 heavy (non-hydrogen) atoms. The van der Waals surface area contributed by atoms with Crippen LogP contribution in [0.5, 0.6) is 5.75 Å². The monoisotopic (exact) mass is 254 g/mol. The fraction of sp³-hybridized carbons (Fsp3) is 0.571. The van der Waals surface area contributed by atoms with Crippen LogP contribution >= 0.6 is 0 Å². The molecule has 0 aliphatic heterocycles. The minimum atomic E-state index is -0.941. The van der Waals surface area contributed by atoms with Crippen molar-refractivity contribution in [2.45, 2.75) is 26.1 Å². The molecule has 4 heteroatoms. The third-order valence-corrected chi connectivity index (χ3v) is 2.79. The van der Waals surface area contributed by atoms with E-state index in [-0.39, 0.29) is 5.92 Å². The molecule has 2 unspecified atom stereocenters. The van der Waals surface area contributed by atoms with Gasteiger partial charge < -0.3 is 19.7 Å². The lowest BCUT2D eigenvalue weighted by molar-refractivity contribution is -0.0110. The lowest BCUT2D eigenvalue weighted by Gasteiger charge is -2.23. The first-order chi connectivity index (χ1) is 8.57. The maximum absolute atomic E-state index is 10.1. The van der Waals surface area contributed by atoms with E-state index in [1.807, 2.05) is 26.0 Å². The summed E-state index contributed by atoms with van der Waals surface area (Å²) < 4.78 is 10.4. The quantitative estimate of drug-likeness (QED) is 0.728. The van der Waals surface area contributed by atoms with Gasteiger partial charge in [-0.2, -0.15) is 0 Å². The summed E-state index contributed by atoms with van der Waals surface area (Å²) in [7, 11) is 1.60. The van der Waals surface area contributed by atoms with Crippen molar-refractivity contribution in [1.82, 2.24) is 0 Å². The van der Waals surface area contributed by atoms with Crippen molar-refractivity contribution in [2.24, 2.45) is 5.92 Å². The molecule has 0 saturated heterocycles. The van der Waals surface area contributed by atoms with Gasteiger partial charge in [-0.05, 0) is 12.0 Å². The van der Waals surface area contributed by atoms with E-state index in [1.165, 1.54) is 0 Å². The Labute approximate surface area is 108 Å². The van der Waals surface area contributed by atoms with Gasteiger partial charge in [0.15, 0.2) is 0 Å². The molecular weight excluding hydrogens is 232 g/mol. The summed E-state index contributed by atoms with van der Waals surface area (Å²) >= 11 is 0. The molecule has 0 amide bonds. The molecule has 0 fully saturated rings. The third-order valence-electron chi connectivity index (χ3n) is 2.79. The van der Waals surface area contributed by atoms with Crippen LogP contribution in [0, 0.1) is 5.92 Å². The molecule has 0 spiro atoms. The molecule has 0 aromatic heterocycles. The molecule has 2 atom stereocenters. The number of para-hydroxylation sites is 1. The summed E-state index contributed by atoms with van der Waals surface area (Å²) in [5, 5.41) is 20.0. The van der Waals surface area contributed by atoms with Crippen molar-refractivity contribution >= 4 is 0 Å². The van der Waals surface area contributed by atoms with E-state index in [0.717, 1.165) is 0 Å². The molecule has 0 bridgehead atoms. The topological polar surface area (TPSA) is 58.9 Å². The second-order valence-corrected chi connectivity index (χ2v) is 4.56. The predicted molar refractivity (Wildman–Crippen MR) is 69.6 cm³/mol. The average Bonchev–Trinajstić information content (AvgIpc) is 2.38. The smallest absolute Gasteiger partial charge is 0.125 e. The Morgan fingerprint density at radius 2 is 1.78 bits per heavy atom. The van der Waals surface area contributed by atoms with Crippen molar-refractivity contribution in [3.8, 4) is 5.75 Å². The van der Waals surface area contributed by atoms with Crippen molar-refractivity contribution < 1.29 is 19.7 Å². The zero-order valence-corrected chi connectivity index (χ0v) is 11.2. The van der Waals surface area contributed by atoms with Gasteiger partial charge in [-0.3, -0.25) is 0 Å². The number of benzene rings is 1. The Hall–Kier alpha value is -1.10. The Morgan fingerprint density at radius 3 is 2.39 bits per heavy atom. The number of methoxy groups -OCH3 is 1. The summed E-state index contributed by atoms with van der Waals surface area (Å²) in [6.45, 7) is 4.62. The van der Waals surface area contributed by atoms with Crippen LogP contribution in [0.15, 0.2) is 24.3 Å². The zero-order valence-electron chi connectivity index (χ0n) is 11.2. The van der Waals surface area contributed by atoms with Crippen LogP contribution in [0.3, 0.4) is 0 Å². The maximum atomic E-state index is 10.1. The molecule has 0 aliphatic rings. The minimum absolute atomic E-state index is 0.0213. The van der Waals surface area contributed by atoms with Gasteiger partial charge in [-0.15, -0.1) is 0 Å². The molecule has 0 aliphatic carbocycles. The Bertz CT molecular complexity index is 351. The van der Waals surface area contributed by atoms with E-state index in [2.05, 4.69) is 0 Å². The maximum Gasteiger partial charge on any atom is 0.125 e. The molecule has 102 valence electrons. The molecule has 0 heterocycles. The van der Waals surface area contributed by atoms with Gasteiger partial charge >= 0.3 is 0 Å². The summed E-state index contributed by atoms with van der Waals surface area (Å²) in [5.74, 6) is 0.564. The van der Waals surface area contributed by atoms with Crippen molar-refractivity contribution in [1.29, 1.82) is 0 Å². The van der Waals surface area contributed by atoms with E-state index >= 15 is 0 Å². The lowest BCUT2D eigenvalue weighted by Crippen LogP contribution is -2.24. The van der Waals surface area contributed by atoms with E-state index in [0.29, 0.717) is 24.5 Å². The molecule has 4 nitrogen and oxygen atoms in total. The predicted octanol–water partition coefficient (Wildman–Crippen LogP) is 1.76. The van der Waals surface area contributed by atoms with E-state index in [9.17, 15) is 10.2 Å². The highest BCUT2D eigenvalue weighted by atomic mass is 16.5. The van der Waals surface area contributed by atoms with E-state index in [4.69, 9.17) is 9.47 Å². The van der Waals surface area contributed by atoms with Crippen molar-refractivity contribution in [3.63, 3.8) is 0 Å². The number of aliphatic hydroxyl groups excluding tert-OH is 2. The molecule has 1 aromatic carbocycles. The van der Waals surface area contributed by atoms with Crippen LogP contribution in [0.4, 0.5) is 0 Å². The number of aliphatic hydroxyl groups is 2. The molecular formula is C14H22O4. The standard InChI is InChI=1S/C14H22O4/c1-10(2)13(15)14(16)11-6-4-5-7-12(11)18-9-8-17-3/h4-7,10,13-16H,8-9H2,1-3H3. The fourth-order valence-corrected chi connectivity index (χ4v) is 1.64. The first kappa shape index (κ1) is 15.0. The highest BCUT2D eigenvalue weighted by Crippen LogP contribution is 2.29. The summed E-state index contributed by atoms with van der Waals surface area (Å²) in [5.41, 5.74) is 0.606. The number of hydrogen-bond acceptors (Lipinski definition) is 4. The summed E-state index contributed by atoms with van der Waals surface area (Å²) in [6.07, 6.45) is -1.75. The number of hydrogen-bond donors (Lipinski definition) is 2. The van der Waals surface area contributed by atoms with Crippen LogP contribution in [0.25, 0.3) is 0 Å². The van der Waals surface area contributed by atoms with Gasteiger partial charge in [-0.1, -0.05) is 32.0 Å². The third kappa shape index (κ3) is 3.98. The molecule has 0 saturated carbocycles. The fourth-order valence-electron chi connectivity index (χ4n) is 1.64. The Balaban J connectivity index is 2.80. The normalized spacial score (nSPS) is 14.6. The van der Waals surface area contributed by atoms with E-state index in [1.54, 1.807) is 19.2 Å². The summed E-state index contributed by atoms with van der Waals surface area (Å²) in [4.78, 5) is 0. The highest BCUT2D eigenvalue weighted by molar-refractivity contribution is 5.35. The van der Waals surface area contributed by atoms with Gasteiger partial charge in [0.1, 0.15) is 18.5 Å². The van der Waals surface area contributed by atoms with Gasteiger partial charge in [-0.25, -0.2) is 0 Å². The second-order valence-electron chi connectivity index (χ2n) is 4.56. The van der Waals surface area contributed by atoms with Gasteiger partial charge in [0.2, 0.25) is 0 Å². The molecule has 1 aromatic rings.